The van der Waals surface area contributed by atoms with Gasteiger partial charge in [0.1, 0.15) is 12.0 Å². The Morgan fingerprint density at radius 3 is 2.50 bits per heavy atom. The third-order valence-electron chi connectivity index (χ3n) is 3.09. The first-order valence-corrected chi connectivity index (χ1v) is 8.22. The predicted octanol–water partition coefficient (Wildman–Crippen LogP) is 1.57. The van der Waals surface area contributed by atoms with Crippen LogP contribution in [0.25, 0.3) is 5.76 Å². The summed E-state index contributed by atoms with van der Waals surface area (Å²) < 4.78 is 31.8. The van der Waals surface area contributed by atoms with Crippen LogP contribution in [-0.2, 0) is 24.3 Å². The molecule has 0 aliphatic carbocycles. The molecule has 0 radical (unpaired) electrons. The minimum absolute atomic E-state index is 0.0255. The van der Waals surface area contributed by atoms with Gasteiger partial charge in [0.25, 0.3) is 10.0 Å². The van der Waals surface area contributed by atoms with Crippen LogP contribution in [0.2, 0.25) is 0 Å². The number of hydrogen-bond donors (Lipinski definition) is 0. The lowest BCUT2D eigenvalue weighted by Crippen LogP contribution is -2.39. The third kappa shape index (κ3) is 2.64. The molecule has 0 unspecified atom stereocenters. The van der Waals surface area contributed by atoms with Crippen molar-refractivity contribution in [2.24, 2.45) is 0 Å². The maximum Gasteiger partial charge on any atom is 0.265 e. The van der Waals surface area contributed by atoms with Crippen LogP contribution in [0.15, 0.2) is 34.9 Å². The number of hydrogen-bond acceptors (Lipinski definition) is 5. The molecule has 2 rings (SSSR count). The fourth-order valence-corrected chi connectivity index (χ4v) is 3.94. The summed E-state index contributed by atoms with van der Waals surface area (Å²) in [5, 5.41) is 0. The Bertz CT molecular complexity index is 749. The van der Waals surface area contributed by atoms with Gasteiger partial charge in [-0.3, -0.25) is 9.10 Å². The first-order valence-electron chi connectivity index (χ1n) is 6.78. The van der Waals surface area contributed by atoms with Crippen LogP contribution in [0.3, 0.4) is 0 Å². The summed E-state index contributed by atoms with van der Waals surface area (Å²) >= 11 is 0. The minimum Gasteiger partial charge on any atom is -0.488 e. The van der Waals surface area contributed by atoms with E-state index in [0.29, 0.717) is 11.8 Å². The Labute approximate surface area is 129 Å². The van der Waals surface area contributed by atoms with Gasteiger partial charge in [0, 0.05) is 12.5 Å². The summed E-state index contributed by atoms with van der Waals surface area (Å²) in [5.74, 6) is -0.287. The number of carbonyl (C=O) groups is 2. The second kappa shape index (κ2) is 5.92. The number of fused-ring (bicyclic) bond motifs is 1. The number of ketones is 1. The average Bonchev–Trinajstić information content (AvgIpc) is 2.43. The van der Waals surface area contributed by atoms with Crippen LogP contribution in [0.4, 0.5) is 0 Å². The highest BCUT2D eigenvalue weighted by molar-refractivity contribution is 7.89. The van der Waals surface area contributed by atoms with Gasteiger partial charge in [-0.25, -0.2) is 8.42 Å². The van der Waals surface area contributed by atoms with Crippen molar-refractivity contribution in [3.63, 3.8) is 0 Å². The molecule has 0 bridgehead atoms. The molecule has 1 aliphatic rings. The molecule has 0 spiro atoms. The molecule has 0 fully saturated rings. The van der Waals surface area contributed by atoms with E-state index >= 15 is 0 Å². The molecule has 118 valence electrons. The summed E-state index contributed by atoms with van der Waals surface area (Å²) in [6.45, 7) is 4.37. The SMILES string of the molecule is CC(=O)C1=C(OC(C)C)c2ccccc2S(=O)(=O)N1CC=O. The Kier molecular flexibility index (Phi) is 4.37. The maximum absolute atomic E-state index is 12.7. The van der Waals surface area contributed by atoms with Crippen LogP contribution >= 0.6 is 0 Å². The number of nitrogens with zero attached hydrogens (tertiary/aromatic N) is 1. The van der Waals surface area contributed by atoms with Crippen molar-refractivity contribution >= 4 is 27.9 Å². The van der Waals surface area contributed by atoms with E-state index in [1.165, 1.54) is 13.0 Å². The molecule has 7 heteroatoms. The predicted molar refractivity (Wildman–Crippen MR) is 80.2 cm³/mol. The average molecular weight is 323 g/mol. The third-order valence-corrected chi connectivity index (χ3v) is 4.92. The number of rotatable bonds is 5. The van der Waals surface area contributed by atoms with E-state index in [9.17, 15) is 18.0 Å². The van der Waals surface area contributed by atoms with E-state index in [1.54, 1.807) is 32.0 Å². The summed E-state index contributed by atoms with van der Waals surface area (Å²) in [7, 11) is -3.96. The maximum atomic E-state index is 12.7. The highest BCUT2D eigenvalue weighted by Crippen LogP contribution is 2.37. The quantitative estimate of drug-likeness (QED) is 0.768. The van der Waals surface area contributed by atoms with Crippen molar-refractivity contribution in [2.45, 2.75) is 31.8 Å². The van der Waals surface area contributed by atoms with E-state index in [2.05, 4.69) is 0 Å². The molecule has 6 nitrogen and oxygen atoms in total. The first-order chi connectivity index (χ1) is 10.3. The van der Waals surface area contributed by atoms with Gasteiger partial charge in [0.15, 0.2) is 11.5 Å². The topological polar surface area (TPSA) is 80.8 Å². The second-order valence-corrected chi connectivity index (χ2v) is 6.93. The molecule has 22 heavy (non-hydrogen) atoms. The van der Waals surface area contributed by atoms with Crippen LogP contribution in [0, 0.1) is 0 Å². The van der Waals surface area contributed by atoms with Crippen molar-refractivity contribution in [1.82, 2.24) is 4.31 Å². The zero-order valence-electron chi connectivity index (χ0n) is 12.6. The monoisotopic (exact) mass is 323 g/mol. The molecule has 1 aliphatic heterocycles. The second-order valence-electron chi connectivity index (χ2n) is 5.10. The fourth-order valence-electron chi connectivity index (χ4n) is 2.31. The van der Waals surface area contributed by atoms with Gasteiger partial charge in [-0.05, 0) is 26.0 Å². The molecule has 0 atom stereocenters. The summed E-state index contributed by atoms with van der Waals surface area (Å²) in [6, 6.07) is 6.28. The highest BCUT2D eigenvalue weighted by atomic mass is 32.2. The lowest BCUT2D eigenvalue weighted by atomic mass is 10.1. The standard InChI is InChI=1S/C15H17NO5S/c1-10(2)21-15-12-6-4-5-7-13(12)22(19,20)16(8-9-17)14(15)11(3)18/h4-7,9-10H,8H2,1-3H3. The molecule has 1 aromatic rings. The number of Topliss-reactive ketones (excluding diaryl/α,β-unsaturated/α-hetero) is 1. The number of allylic oxidation sites excluding steroid dienone is 1. The van der Waals surface area contributed by atoms with E-state index in [0.717, 1.165) is 4.31 Å². The van der Waals surface area contributed by atoms with Gasteiger partial charge >= 0.3 is 0 Å². The molecule has 0 saturated carbocycles. The Morgan fingerprint density at radius 2 is 1.95 bits per heavy atom. The van der Waals surface area contributed by atoms with Crippen LogP contribution in [-0.4, -0.2) is 37.4 Å². The van der Waals surface area contributed by atoms with E-state index in [4.69, 9.17) is 4.74 Å². The number of aldehydes is 1. The smallest absolute Gasteiger partial charge is 0.265 e. The zero-order valence-corrected chi connectivity index (χ0v) is 13.4. The molecule has 0 aromatic heterocycles. The molecule has 1 heterocycles. The number of carbonyl (C=O) groups excluding carboxylic acids is 2. The molecule has 0 N–H and O–H groups in total. The summed E-state index contributed by atoms with van der Waals surface area (Å²) in [4.78, 5) is 22.9. The molecular weight excluding hydrogens is 306 g/mol. The van der Waals surface area contributed by atoms with Gasteiger partial charge in [0.05, 0.1) is 17.5 Å². The fraction of sp³-hybridized carbons (Fsp3) is 0.333. The number of ether oxygens (including phenoxy) is 1. The molecule has 0 amide bonds. The van der Waals surface area contributed by atoms with Crippen molar-refractivity contribution < 1.29 is 22.7 Å². The van der Waals surface area contributed by atoms with Crippen LogP contribution in [0.1, 0.15) is 26.3 Å². The Morgan fingerprint density at radius 1 is 1.32 bits per heavy atom. The Balaban J connectivity index is 2.84. The van der Waals surface area contributed by atoms with Crippen LogP contribution in [0.5, 0.6) is 0 Å². The van der Waals surface area contributed by atoms with Crippen molar-refractivity contribution in [3.8, 4) is 0 Å². The largest absolute Gasteiger partial charge is 0.488 e. The van der Waals surface area contributed by atoms with Gasteiger partial charge < -0.3 is 9.53 Å². The van der Waals surface area contributed by atoms with Gasteiger partial charge in [-0.1, -0.05) is 12.1 Å². The lowest BCUT2D eigenvalue weighted by Gasteiger charge is -2.32. The van der Waals surface area contributed by atoms with Gasteiger partial charge in [0.2, 0.25) is 0 Å². The van der Waals surface area contributed by atoms with Crippen molar-refractivity contribution in [2.75, 3.05) is 6.54 Å². The summed E-state index contributed by atoms with van der Waals surface area (Å²) in [5.41, 5.74) is 0.225. The van der Waals surface area contributed by atoms with Crippen molar-refractivity contribution in [3.05, 3.63) is 35.5 Å². The van der Waals surface area contributed by atoms with E-state index in [-0.39, 0.29) is 22.5 Å². The van der Waals surface area contributed by atoms with E-state index < -0.39 is 22.4 Å². The molecular formula is C15H17NO5S. The summed E-state index contributed by atoms with van der Waals surface area (Å²) in [6.07, 6.45) is 0.192. The number of benzene rings is 1. The van der Waals surface area contributed by atoms with Crippen LogP contribution < -0.4 is 0 Å². The van der Waals surface area contributed by atoms with Gasteiger partial charge in [-0.15, -0.1) is 0 Å². The van der Waals surface area contributed by atoms with Crippen molar-refractivity contribution in [1.29, 1.82) is 0 Å². The Hall–Kier alpha value is -2.15. The first kappa shape index (κ1) is 16.2. The number of sulfonamides is 1. The minimum atomic E-state index is -3.96. The normalized spacial score (nSPS) is 16.5. The molecule has 1 aromatic carbocycles. The molecule has 0 saturated heterocycles. The zero-order chi connectivity index (χ0) is 16.5. The lowest BCUT2D eigenvalue weighted by molar-refractivity contribution is -0.114. The van der Waals surface area contributed by atoms with Gasteiger partial charge in [-0.2, -0.15) is 0 Å². The van der Waals surface area contributed by atoms with E-state index in [1.807, 2.05) is 0 Å². The highest BCUT2D eigenvalue weighted by Gasteiger charge is 2.39.